The van der Waals surface area contributed by atoms with Crippen LogP contribution in [0.4, 0.5) is 0 Å². The summed E-state index contributed by atoms with van der Waals surface area (Å²) in [6, 6.07) is 12.5. The van der Waals surface area contributed by atoms with Gasteiger partial charge in [-0.1, -0.05) is 6.07 Å². The summed E-state index contributed by atoms with van der Waals surface area (Å²) in [5.74, 6) is 2.04. The van der Waals surface area contributed by atoms with E-state index in [4.69, 9.17) is 38.7 Å². The number of ether oxygens (including phenoxy) is 4. The monoisotopic (exact) mass is 581 g/mol. The lowest BCUT2D eigenvalue weighted by Gasteiger charge is -2.37. The van der Waals surface area contributed by atoms with Crippen LogP contribution < -0.4 is 18.9 Å². The van der Waals surface area contributed by atoms with Crippen molar-refractivity contribution in [2.24, 2.45) is 0 Å². The van der Waals surface area contributed by atoms with Gasteiger partial charge in [0.05, 0.1) is 32.5 Å². The van der Waals surface area contributed by atoms with E-state index < -0.39 is 11.9 Å². The van der Waals surface area contributed by atoms with Gasteiger partial charge in [-0.15, -0.1) is 23.5 Å². The van der Waals surface area contributed by atoms with Crippen LogP contribution in [0.25, 0.3) is 0 Å². The molecular formula is C28H39NO8S2. The van der Waals surface area contributed by atoms with E-state index in [1.54, 1.807) is 28.4 Å². The molecule has 9 nitrogen and oxygen atoms in total. The van der Waals surface area contributed by atoms with Gasteiger partial charge in [0.25, 0.3) is 0 Å². The van der Waals surface area contributed by atoms with Crippen LogP contribution in [0.5, 0.6) is 23.0 Å². The number of benzene rings is 2. The van der Waals surface area contributed by atoms with E-state index in [9.17, 15) is 0 Å². The number of carboxylic acid groups (broad SMARTS) is 2. The molecule has 0 saturated carbocycles. The number of carbonyl (C=O) groups is 2. The molecule has 1 aliphatic rings. The fraction of sp³-hybridized carbons (Fsp3) is 0.500. The molecule has 1 heterocycles. The molecule has 2 N–H and O–H groups in total. The van der Waals surface area contributed by atoms with Gasteiger partial charge in [-0.05, 0) is 86.2 Å². The summed E-state index contributed by atoms with van der Waals surface area (Å²) in [6.45, 7) is 2.08. The second-order valence-corrected chi connectivity index (χ2v) is 11.9. The summed E-state index contributed by atoms with van der Waals surface area (Å²) in [6.07, 6.45) is 4.52. The Morgan fingerprint density at radius 1 is 0.846 bits per heavy atom. The van der Waals surface area contributed by atoms with Gasteiger partial charge in [-0.2, -0.15) is 0 Å². The minimum absolute atomic E-state index is 0.0598. The molecule has 2 aromatic carbocycles. The number of carboxylic acids is 2. The fourth-order valence-corrected chi connectivity index (χ4v) is 7.51. The van der Waals surface area contributed by atoms with Crippen LogP contribution in [0, 0.1) is 0 Å². The van der Waals surface area contributed by atoms with Crippen molar-refractivity contribution in [1.29, 1.82) is 0 Å². The van der Waals surface area contributed by atoms with E-state index in [1.165, 1.54) is 29.1 Å². The van der Waals surface area contributed by atoms with Gasteiger partial charge in [0.1, 0.15) is 11.5 Å². The largest absolute Gasteiger partial charge is 0.497 e. The Kier molecular flexibility index (Phi) is 13.6. The van der Waals surface area contributed by atoms with Gasteiger partial charge in [0.2, 0.25) is 0 Å². The Hall–Kier alpha value is -2.76. The van der Waals surface area contributed by atoms with E-state index in [2.05, 4.69) is 59.7 Å². The van der Waals surface area contributed by atoms with Crippen LogP contribution in [-0.4, -0.2) is 87.1 Å². The van der Waals surface area contributed by atoms with E-state index in [1.807, 2.05) is 12.1 Å². The highest BCUT2D eigenvalue weighted by Crippen LogP contribution is 2.54. The maximum Gasteiger partial charge on any atom is 0.414 e. The quantitative estimate of drug-likeness (QED) is 0.335. The zero-order valence-electron chi connectivity index (χ0n) is 23.2. The lowest BCUT2D eigenvalue weighted by atomic mass is 10.1. The Morgan fingerprint density at radius 3 is 1.95 bits per heavy atom. The maximum atomic E-state index is 9.10. The number of thioether (sulfide) groups is 2. The molecule has 11 heteroatoms. The molecule has 1 fully saturated rings. The molecule has 0 aliphatic carbocycles. The summed E-state index contributed by atoms with van der Waals surface area (Å²) >= 11 is 4.16. The molecule has 0 amide bonds. The van der Waals surface area contributed by atoms with Crippen LogP contribution in [0.1, 0.15) is 30.4 Å². The molecule has 0 aromatic heterocycles. The smallest absolute Gasteiger partial charge is 0.414 e. The minimum Gasteiger partial charge on any atom is -0.497 e. The molecular weight excluding hydrogens is 542 g/mol. The zero-order chi connectivity index (χ0) is 28.8. The van der Waals surface area contributed by atoms with Crippen molar-refractivity contribution >= 4 is 35.5 Å². The van der Waals surface area contributed by atoms with Crippen molar-refractivity contribution in [1.82, 2.24) is 4.90 Å². The third-order valence-corrected chi connectivity index (χ3v) is 9.71. The van der Waals surface area contributed by atoms with Gasteiger partial charge in [0.15, 0.2) is 11.5 Å². The molecule has 39 heavy (non-hydrogen) atoms. The minimum atomic E-state index is -1.82. The zero-order valence-corrected chi connectivity index (χ0v) is 24.9. The fourth-order valence-electron chi connectivity index (χ4n) is 4.11. The summed E-state index contributed by atoms with van der Waals surface area (Å²) in [4.78, 5) is 20.6. The van der Waals surface area contributed by atoms with E-state index in [0.29, 0.717) is 0 Å². The summed E-state index contributed by atoms with van der Waals surface area (Å²) in [7, 11) is 9.01. The molecule has 0 spiro atoms. The van der Waals surface area contributed by atoms with Crippen LogP contribution in [0.2, 0.25) is 0 Å². The van der Waals surface area contributed by atoms with Crippen molar-refractivity contribution < 1.29 is 38.7 Å². The van der Waals surface area contributed by atoms with Gasteiger partial charge in [0, 0.05) is 12.6 Å². The lowest BCUT2D eigenvalue weighted by molar-refractivity contribution is -0.159. The van der Waals surface area contributed by atoms with Crippen LogP contribution in [0.3, 0.4) is 0 Å². The molecule has 1 saturated heterocycles. The Labute approximate surface area is 239 Å². The molecule has 0 unspecified atom stereocenters. The maximum absolute atomic E-state index is 9.10. The van der Waals surface area contributed by atoms with E-state index in [0.717, 1.165) is 55.4 Å². The first-order valence-corrected chi connectivity index (χ1v) is 14.5. The normalized spacial score (nSPS) is 14.1. The average Bonchev–Trinajstić information content (AvgIpc) is 2.96. The lowest BCUT2D eigenvalue weighted by Crippen LogP contribution is -2.27. The second kappa shape index (κ2) is 16.4. The molecule has 1 aliphatic heterocycles. The average molecular weight is 582 g/mol. The van der Waals surface area contributed by atoms with Gasteiger partial charge < -0.3 is 34.1 Å². The topological polar surface area (TPSA) is 115 Å². The Balaban J connectivity index is 0.000000798. The number of methoxy groups -OCH3 is 4. The Bertz CT molecular complexity index is 1040. The number of nitrogens with zero attached hydrogens (tertiary/aromatic N) is 1. The molecule has 0 atom stereocenters. The first-order chi connectivity index (χ1) is 18.7. The predicted molar refractivity (Wildman–Crippen MR) is 156 cm³/mol. The standard InChI is InChI=1S/C26H37NO4S2.C2H2O4/c1-27(13-10-20-8-9-24(30-4)25(16-20)31-5)12-6-11-26(32-14-7-15-33-26)21-17-22(28-2)19-23(18-21)29-3;3-1(4)2(5)6/h8-9,16-19H,6-7,10-15H2,1-5H3;(H,3,4)(H,5,6). The van der Waals surface area contributed by atoms with E-state index >= 15 is 0 Å². The molecule has 2 aromatic rings. The first kappa shape index (κ1) is 32.5. The Morgan fingerprint density at radius 2 is 1.44 bits per heavy atom. The summed E-state index contributed by atoms with van der Waals surface area (Å²) < 4.78 is 22.0. The second-order valence-electron chi connectivity index (χ2n) is 8.86. The molecule has 0 bridgehead atoms. The van der Waals surface area contributed by atoms with Crippen molar-refractivity contribution in [2.75, 3.05) is 60.1 Å². The first-order valence-electron chi connectivity index (χ1n) is 12.5. The third-order valence-electron chi connectivity index (χ3n) is 6.21. The van der Waals surface area contributed by atoms with Crippen molar-refractivity contribution in [3.05, 3.63) is 47.5 Å². The van der Waals surface area contributed by atoms with Crippen LogP contribution in [-0.2, 0) is 20.1 Å². The van der Waals surface area contributed by atoms with E-state index in [-0.39, 0.29) is 4.08 Å². The number of hydrogen-bond donors (Lipinski definition) is 2. The van der Waals surface area contributed by atoms with Crippen molar-refractivity contribution in [2.45, 2.75) is 29.8 Å². The third kappa shape index (κ3) is 10.1. The number of likely N-dealkylation sites (N-methyl/N-ethyl adjacent to an activating group) is 1. The summed E-state index contributed by atoms with van der Waals surface area (Å²) in [5.41, 5.74) is 2.57. The van der Waals surface area contributed by atoms with Gasteiger partial charge >= 0.3 is 11.9 Å². The predicted octanol–water partition coefficient (Wildman–Crippen LogP) is 4.85. The van der Waals surface area contributed by atoms with Crippen molar-refractivity contribution in [3.63, 3.8) is 0 Å². The molecule has 0 radical (unpaired) electrons. The highest BCUT2D eigenvalue weighted by Gasteiger charge is 2.36. The van der Waals surface area contributed by atoms with Gasteiger partial charge in [-0.3, -0.25) is 0 Å². The highest BCUT2D eigenvalue weighted by atomic mass is 32.2. The number of hydrogen-bond acceptors (Lipinski definition) is 9. The summed E-state index contributed by atoms with van der Waals surface area (Å²) in [5, 5.41) is 14.8. The van der Waals surface area contributed by atoms with Crippen molar-refractivity contribution in [3.8, 4) is 23.0 Å². The van der Waals surface area contributed by atoms with Crippen LogP contribution in [0.15, 0.2) is 36.4 Å². The highest BCUT2D eigenvalue weighted by molar-refractivity contribution is 8.18. The van der Waals surface area contributed by atoms with Crippen LogP contribution >= 0.6 is 23.5 Å². The number of rotatable bonds is 12. The van der Waals surface area contributed by atoms with Gasteiger partial charge in [-0.25, -0.2) is 9.59 Å². The SMILES string of the molecule is COc1cc(OC)cc(C2(CCCN(C)CCc3ccc(OC)c(OC)c3)SCCCS2)c1.O=C(O)C(=O)O. The molecule has 3 rings (SSSR count). The molecule has 216 valence electrons. The number of aliphatic carboxylic acids is 2.